The zero-order valence-electron chi connectivity index (χ0n) is 18.6. The standard InChI is InChI=1S/C24H39N3O2/c1-4-6-7-8-9-10-11-16-29-22-13-12-19(17-23(22)28-3)24-20-18-27(5-2)15-14-21(20)25-26-24/h12-13,17,20,24,26H,4-11,14-16,18H2,1-3H3. The molecule has 0 aromatic heterocycles. The van der Waals surface area contributed by atoms with Crippen LogP contribution in [0.1, 0.15) is 76.8 Å². The molecule has 162 valence electrons. The van der Waals surface area contributed by atoms with Crippen LogP contribution in [-0.4, -0.2) is 44.0 Å². The van der Waals surface area contributed by atoms with Gasteiger partial charge in [0.25, 0.3) is 0 Å². The first-order valence-electron chi connectivity index (χ1n) is 11.6. The van der Waals surface area contributed by atoms with Crippen LogP contribution in [0, 0.1) is 5.92 Å². The molecule has 0 spiro atoms. The number of piperidine rings is 1. The fraction of sp³-hybridized carbons (Fsp3) is 0.708. The van der Waals surface area contributed by atoms with Crippen molar-refractivity contribution in [1.82, 2.24) is 10.3 Å². The number of hydrazone groups is 1. The van der Waals surface area contributed by atoms with Crippen molar-refractivity contribution in [2.24, 2.45) is 11.0 Å². The predicted octanol–water partition coefficient (Wildman–Crippen LogP) is 5.17. The van der Waals surface area contributed by atoms with Crippen molar-refractivity contribution in [3.8, 4) is 11.5 Å². The summed E-state index contributed by atoms with van der Waals surface area (Å²) in [5.41, 5.74) is 5.92. The third-order valence-electron chi connectivity index (χ3n) is 6.32. The lowest BCUT2D eigenvalue weighted by Gasteiger charge is -2.32. The van der Waals surface area contributed by atoms with E-state index in [0.29, 0.717) is 5.92 Å². The van der Waals surface area contributed by atoms with Crippen LogP contribution in [0.2, 0.25) is 0 Å². The first kappa shape index (κ1) is 21.9. The van der Waals surface area contributed by atoms with Crippen LogP contribution in [-0.2, 0) is 0 Å². The third kappa shape index (κ3) is 5.88. The average Bonchev–Trinajstić information content (AvgIpc) is 3.18. The number of benzene rings is 1. The molecule has 3 rings (SSSR count). The van der Waals surface area contributed by atoms with E-state index in [9.17, 15) is 0 Å². The molecule has 2 atom stereocenters. The molecule has 2 aliphatic rings. The van der Waals surface area contributed by atoms with E-state index in [-0.39, 0.29) is 6.04 Å². The SMILES string of the molecule is CCCCCCCCCOc1ccc(C2NN=C3CCN(CC)CC32)cc1OC. The van der Waals surface area contributed by atoms with E-state index in [0.717, 1.165) is 50.6 Å². The number of hydrogen-bond acceptors (Lipinski definition) is 5. The van der Waals surface area contributed by atoms with E-state index in [4.69, 9.17) is 9.47 Å². The molecular weight excluding hydrogens is 362 g/mol. The van der Waals surface area contributed by atoms with Crippen LogP contribution in [0.25, 0.3) is 0 Å². The van der Waals surface area contributed by atoms with Gasteiger partial charge in [-0.3, -0.25) is 0 Å². The molecule has 1 aromatic rings. The van der Waals surface area contributed by atoms with Gasteiger partial charge in [-0.15, -0.1) is 0 Å². The second kappa shape index (κ2) is 11.4. The predicted molar refractivity (Wildman–Crippen MR) is 120 cm³/mol. The van der Waals surface area contributed by atoms with Crippen LogP contribution < -0.4 is 14.9 Å². The van der Waals surface area contributed by atoms with Crippen molar-refractivity contribution in [2.45, 2.75) is 71.3 Å². The highest BCUT2D eigenvalue weighted by Gasteiger charge is 2.36. The van der Waals surface area contributed by atoms with Crippen LogP contribution in [0.4, 0.5) is 0 Å². The molecule has 5 heteroatoms. The van der Waals surface area contributed by atoms with Gasteiger partial charge >= 0.3 is 0 Å². The molecular formula is C24H39N3O2. The number of rotatable bonds is 12. The van der Waals surface area contributed by atoms with Crippen molar-refractivity contribution in [1.29, 1.82) is 0 Å². The van der Waals surface area contributed by atoms with Crippen molar-refractivity contribution < 1.29 is 9.47 Å². The number of ether oxygens (including phenoxy) is 2. The quantitative estimate of drug-likeness (QED) is 0.491. The Morgan fingerprint density at radius 1 is 1.07 bits per heavy atom. The summed E-state index contributed by atoms with van der Waals surface area (Å²) in [4.78, 5) is 2.51. The van der Waals surface area contributed by atoms with E-state index >= 15 is 0 Å². The molecule has 0 amide bonds. The molecule has 1 fully saturated rings. The lowest BCUT2D eigenvalue weighted by molar-refractivity contribution is 0.238. The lowest BCUT2D eigenvalue weighted by atomic mass is 9.86. The van der Waals surface area contributed by atoms with E-state index in [2.05, 4.69) is 47.5 Å². The van der Waals surface area contributed by atoms with Gasteiger partial charge in [-0.25, -0.2) is 0 Å². The van der Waals surface area contributed by atoms with Crippen LogP contribution >= 0.6 is 0 Å². The molecule has 0 aliphatic carbocycles. The summed E-state index contributed by atoms with van der Waals surface area (Å²) in [6, 6.07) is 6.59. The summed E-state index contributed by atoms with van der Waals surface area (Å²) in [6.45, 7) is 8.55. The van der Waals surface area contributed by atoms with Crippen molar-refractivity contribution in [3.05, 3.63) is 23.8 Å². The first-order valence-corrected chi connectivity index (χ1v) is 11.6. The zero-order chi connectivity index (χ0) is 20.5. The van der Waals surface area contributed by atoms with Crippen LogP contribution in [0.5, 0.6) is 11.5 Å². The van der Waals surface area contributed by atoms with Crippen LogP contribution in [0.15, 0.2) is 23.3 Å². The monoisotopic (exact) mass is 401 g/mol. The summed E-state index contributed by atoms with van der Waals surface area (Å²) < 4.78 is 11.7. The second-order valence-corrected chi connectivity index (χ2v) is 8.34. The van der Waals surface area contributed by atoms with E-state index in [1.807, 2.05) is 0 Å². The van der Waals surface area contributed by atoms with Crippen LogP contribution in [0.3, 0.4) is 0 Å². The Labute approximate surface area is 176 Å². The van der Waals surface area contributed by atoms with Crippen molar-refractivity contribution >= 4 is 5.71 Å². The van der Waals surface area contributed by atoms with E-state index in [1.165, 1.54) is 49.8 Å². The van der Waals surface area contributed by atoms with Crippen molar-refractivity contribution in [2.75, 3.05) is 33.4 Å². The molecule has 1 aromatic carbocycles. The number of hydrogen-bond donors (Lipinski definition) is 1. The topological polar surface area (TPSA) is 46.1 Å². The van der Waals surface area contributed by atoms with Gasteiger partial charge in [0.05, 0.1) is 19.8 Å². The smallest absolute Gasteiger partial charge is 0.161 e. The Morgan fingerprint density at radius 2 is 1.86 bits per heavy atom. The Kier molecular flexibility index (Phi) is 8.66. The van der Waals surface area contributed by atoms with Gasteiger partial charge in [0.1, 0.15) is 0 Å². The summed E-state index contributed by atoms with van der Waals surface area (Å²) in [7, 11) is 1.73. The third-order valence-corrected chi connectivity index (χ3v) is 6.32. The van der Waals surface area contributed by atoms with Gasteiger partial charge in [0.2, 0.25) is 0 Å². The highest BCUT2D eigenvalue weighted by Crippen LogP contribution is 2.36. The molecule has 0 saturated carbocycles. The maximum absolute atomic E-state index is 6.03. The maximum atomic E-state index is 6.03. The molecule has 0 radical (unpaired) electrons. The maximum Gasteiger partial charge on any atom is 0.161 e. The zero-order valence-corrected chi connectivity index (χ0v) is 18.6. The summed E-state index contributed by atoms with van der Waals surface area (Å²) in [6.07, 6.45) is 10.1. The Hall–Kier alpha value is -1.75. The first-order chi connectivity index (χ1) is 14.3. The molecule has 0 bridgehead atoms. The molecule has 2 aliphatic heterocycles. The molecule has 5 nitrogen and oxygen atoms in total. The van der Waals surface area contributed by atoms with Gasteiger partial charge in [0, 0.05) is 31.1 Å². The molecule has 1 saturated heterocycles. The minimum atomic E-state index is 0.227. The van der Waals surface area contributed by atoms with E-state index in [1.54, 1.807) is 7.11 Å². The average molecular weight is 402 g/mol. The largest absolute Gasteiger partial charge is 0.493 e. The highest BCUT2D eigenvalue weighted by molar-refractivity contribution is 5.90. The normalized spacial score (nSPS) is 21.4. The number of nitrogens with zero attached hydrogens (tertiary/aromatic N) is 2. The highest BCUT2D eigenvalue weighted by atomic mass is 16.5. The number of unbranched alkanes of at least 4 members (excludes halogenated alkanes) is 6. The van der Waals surface area contributed by atoms with Gasteiger partial charge in [-0.1, -0.05) is 58.4 Å². The summed E-state index contributed by atoms with van der Waals surface area (Å²) in [5.74, 6) is 2.12. The lowest BCUT2D eigenvalue weighted by Crippen LogP contribution is -2.41. The minimum absolute atomic E-state index is 0.227. The number of fused-ring (bicyclic) bond motifs is 1. The van der Waals surface area contributed by atoms with E-state index < -0.39 is 0 Å². The number of nitrogens with one attached hydrogen (secondary N) is 1. The van der Waals surface area contributed by atoms with Crippen molar-refractivity contribution in [3.63, 3.8) is 0 Å². The van der Waals surface area contributed by atoms with Gasteiger partial charge in [-0.2, -0.15) is 5.10 Å². The Bertz CT molecular complexity index is 662. The number of methoxy groups -OCH3 is 1. The molecule has 2 unspecified atom stereocenters. The van der Waals surface area contributed by atoms with Gasteiger partial charge < -0.3 is 19.8 Å². The second-order valence-electron chi connectivity index (χ2n) is 8.34. The Morgan fingerprint density at radius 3 is 2.62 bits per heavy atom. The molecule has 1 N–H and O–H groups in total. The Balaban J connectivity index is 1.51. The number of likely N-dealkylation sites (tertiary alicyclic amines) is 1. The minimum Gasteiger partial charge on any atom is -0.493 e. The fourth-order valence-corrected chi connectivity index (χ4v) is 4.44. The fourth-order valence-electron chi connectivity index (χ4n) is 4.44. The molecule has 29 heavy (non-hydrogen) atoms. The molecule has 2 heterocycles. The summed E-state index contributed by atoms with van der Waals surface area (Å²) in [5, 5.41) is 4.63. The van der Waals surface area contributed by atoms with Gasteiger partial charge in [0.15, 0.2) is 11.5 Å². The summed E-state index contributed by atoms with van der Waals surface area (Å²) >= 11 is 0. The van der Waals surface area contributed by atoms with Gasteiger partial charge in [-0.05, 0) is 30.7 Å².